The zero-order chi connectivity index (χ0) is 13.8. The van der Waals surface area contributed by atoms with E-state index in [1.54, 1.807) is 0 Å². The molecule has 2 aromatic rings. The summed E-state index contributed by atoms with van der Waals surface area (Å²) in [5, 5.41) is 8.85. The Hall–Kier alpha value is -2.48. The highest BCUT2D eigenvalue weighted by molar-refractivity contribution is 5.38. The molecule has 0 bridgehead atoms. The van der Waals surface area contributed by atoms with Crippen LogP contribution < -0.4 is 4.74 Å². The topological polar surface area (TPSA) is 33.0 Å². The molecule has 0 radical (unpaired) electrons. The molecule has 0 aliphatic heterocycles. The average Bonchev–Trinajstić information content (AvgIpc) is 2.38. The molecule has 0 amide bonds. The quantitative estimate of drug-likeness (QED) is 0.848. The van der Waals surface area contributed by atoms with Gasteiger partial charge in [-0.1, -0.05) is 0 Å². The fourth-order valence-electron chi connectivity index (χ4n) is 1.54. The molecule has 0 unspecified atom stereocenters. The van der Waals surface area contributed by atoms with Gasteiger partial charge in [-0.05, 0) is 30.3 Å². The number of nitriles is 1. The number of hydrogen-bond donors (Lipinski definition) is 0. The summed E-state index contributed by atoms with van der Waals surface area (Å²) < 4.78 is 44.2. The molecule has 19 heavy (non-hydrogen) atoms. The molecule has 0 N–H and O–H groups in total. The molecular formula is C14H8F3NO. The second kappa shape index (κ2) is 5.44. The van der Waals surface area contributed by atoms with E-state index in [1.807, 2.05) is 6.07 Å². The van der Waals surface area contributed by atoms with E-state index >= 15 is 0 Å². The molecule has 0 fully saturated rings. The maximum atomic E-state index is 13.3. The zero-order valence-corrected chi connectivity index (χ0v) is 9.66. The fraction of sp³-hybridized carbons (Fsp3) is 0.0714. The Labute approximate surface area is 107 Å². The lowest BCUT2D eigenvalue weighted by Crippen LogP contribution is -2.01. The van der Waals surface area contributed by atoms with Crippen LogP contribution in [0.3, 0.4) is 0 Å². The summed E-state index contributed by atoms with van der Waals surface area (Å²) in [7, 11) is 0. The van der Waals surface area contributed by atoms with Crippen LogP contribution >= 0.6 is 0 Å². The van der Waals surface area contributed by atoms with Gasteiger partial charge in [0.25, 0.3) is 0 Å². The Morgan fingerprint density at radius 1 is 1.00 bits per heavy atom. The third-order valence-electron chi connectivity index (χ3n) is 2.46. The van der Waals surface area contributed by atoms with Crippen molar-refractivity contribution in [1.82, 2.24) is 0 Å². The second-order valence-electron chi connectivity index (χ2n) is 3.78. The lowest BCUT2D eigenvalue weighted by Gasteiger charge is -2.08. The second-order valence-corrected chi connectivity index (χ2v) is 3.78. The monoisotopic (exact) mass is 263 g/mol. The Balaban J connectivity index is 2.19. The van der Waals surface area contributed by atoms with Gasteiger partial charge in [-0.3, -0.25) is 0 Å². The van der Waals surface area contributed by atoms with E-state index in [-0.39, 0.29) is 17.9 Å². The number of rotatable bonds is 3. The lowest BCUT2D eigenvalue weighted by molar-refractivity contribution is 0.288. The minimum absolute atomic E-state index is 0.158. The van der Waals surface area contributed by atoms with Crippen molar-refractivity contribution < 1.29 is 17.9 Å². The van der Waals surface area contributed by atoms with Crippen molar-refractivity contribution in [3.8, 4) is 11.8 Å². The predicted octanol–water partition coefficient (Wildman–Crippen LogP) is 3.55. The van der Waals surface area contributed by atoms with Crippen LogP contribution in [0.4, 0.5) is 13.2 Å². The Kier molecular flexibility index (Phi) is 3.71. The highest BCUT2D eigenvalue weighted by Crippen LogP contribution is 2.20. The van der Waals surface area contributed by atoms with E-state index in [4.69, 9.17) is 10.00 Å². The summed E-state index contributed by atoms with van der Waals surface area (Å²) >= 11 is 0. The minimum Gasteiger partial charge on any atom is -0.486 e. The first-order valence-corrected chi connectivity index (χ1v) is 5.36. The maximum Gasteiger partial charge on any atom is 0.167 e. The van der Waals surface area contributed by atoms with Crippen LogP contribution in [0.15, 0.2) is 36.4 Å². The highest BCUT2D eigenvalue weighted by atomic mass is 19.1. The number of hydrogen-bond acceptors (Lipinski definition) is 2. The molecule has 0 spiro atoms. The Morgan fingerprint density at radius 2 is 1.68 bits per heavy atom. The highest BCUT2D eigenvalue weighted by Gasteiger charge is 2.08. The van der Waals surface area contributed by atoms with Crippen LogP contribution in [0.5, 0.6) is 5.75 Å². The van der Waals surface area contributed by atoms with Gasteiger partial charge in [-0.25, -0.2) is 13.2 Å². The maximum absolute atomic E-state index is 13.3. The molecule has 0 aliphatic rings. The van der Waals surface area contributed by atoms with Crippen molar-refractivity contribution in [1.29, 1.82) is 5.26 Å². The average molecular weight is 263 g/mol. The SMILES string of the molecule is N#Cc1ccc(F)cc1COc1ccc(F)cc1F. The molecule has 5 heteroatoms. The summed E-state index contributed by atoms with van der Waals surface area (Å²) in [6.45, 7) is -0.177. The molecule has 2 rings (SSSR count). The summed E-state index contributed by atoms with van der Waals surface area (Å²) in [5.41, 5.74) is 0.537. The smallest absolute Gasteiger partial charge is 0.167 e. The lowest BCUT2D eigenvalue weighted by atomic mass is 10.1. The normalized spacial score (nSPS) is 10.0. The third kappa shape index (κ3) is 3.05. The van der Waals surface area contributed by atoms with Crippen LogP contribution in [-0.2, 0) is 6.61 Å². The van der Waals surface area contributed by atoms with Crippen LogP contribution in [0.2, 0.25) is 0 Å². The van der Waals surface area contributed by atoms with Crippen molar-refractivity contribution in [2.45, 2.75) is 6.61 Å². The molecule has 0 atom stereocenters. The van der Waals surface area contributed by atoms with Crippen molar-refractivity contribution in [3.05, 3.63) is 65.0 Å². The molecule has 0 heterocycles. The van der Waals surface area contributed by atoms with Gasteiger partial charge in [-0.2, -0.15) is 5.26 Å². The van der Waals surface area contributed by atoms with Gasteiger partial charge in [0.2, 0.25) is 0 Å². The minimum atomic E-state index is -0.852. The summed E-state index contributed by atoms with van der Waals surface area (Å²) in [6, 6.07) is 8.36. The molecule has 96 valence electrons. The van der Waals surface area contributed by atoms with Gasteiger partial charge in [0.05, 0.1) is 11.6 Å². The molecule has 0 aromatic heterocycles. The van der Waals surface area contributed by atoms with Gasteiger partial charge in [-0.15, -0.1) is 0 Å². The van der Waals surface area contributed by atoms with Crippen LogP contribution in [0.1, 0.15) is 11.1 Å². The molecule has 0 saturated carbocycles. The van der Waals surface area contributed by atoms with Crippen LogP contribution in [-0.4, -0.2) is 0 Å². The van der Waals surface area contributed by atoms with Crippen molar-refractivity contribution in [3.63, 3.8) is 0 Å². The van der Waals surface area contributed by atoms with E-state index < -0.39 is 17.5 Å². The number of halogens is 3. The molecule has 2 aromatic carbocycles. The van der Waals surface area contributed by atoms with E-state index in [1.165, 1.54) is 6.07 Å². The van der Waals surface area contributed by atoms with E-state index in [9.17, 15) is 13.2 Å². The largest absolute Gasteiger partial charge is 0.486 e. The first-order valence-electron chi connectivity index (χ1n) is 5.36. The van der Waals surface area contributed by atoms with E-state index in [0.717, 1.165) is 24.3 Å². The first-order chi connectivity index (χ1) is 9.10. The zero-order valence-electron chi connectivity index (χ0n) is 9.66. The van der Waals surface area contributed by atoms with Gasteiger partial charge in [0.15, 0.2) is 11.6 Å². The Morgan fingerprint density at radius 3 is 2.37 bits per heavy atom. The summed E-state index contributed by atoms with van der Waals surface area (Å²) in [4.78, 5) is 0. The van der Waals surface area contributed by atoms with Crippen molar-refractivity contribution in [2.75, 3.05) is 0 Å². The standard InChI is InChI=1S/C14H8F3NO/c15-11-2-1-9(7-18)10(5-11)8-19-14-4-3-12(16)6-13(14)17/h1-6H,8H2. The molecule has 0 saturated heterocycles. The Bertz CT molecular complexity index is 650. The van der Waals surface area contributed by atoms with Gasteiger partial charge >= 0.3 is 0 Å². The third-order valence-corrected chi connectivity index (χ3v) is 2.46. The van der Waals surface area contributed by atoms with Crippen molar-refractivity contribution >= 4 is 0 Å². The van der Waals surface area contributed by atoms with Gasteiger partial charge in [0, 0.05) is 11.6 Å². The van der Waals surface area contributed by atoms with E-state index in [0.29, 0.717) is 11.6 Å². The predicted molar refractivity (Wildman–Crippen MR) is 61.8 cm³/mol. The first kappa shape index (κ1) is 13.0. The molecule has 0 aliphatic carbocycles. The number of benzene rings is 2. The van der Waals surface area contributed by atoms with E-state index in [2.05, 4.69) is 0 Å². The summed E-state index contributed by atoms with van der Waals surface area (Å²) in [5.74, 6) is -2.24. The number of nitrogens with zero attached hydrogens (tertiary/aromatic N) is 1. The van der Waals surface area contributed by atoms with Crippen LogP contribution in [0, 0.1) is 28.8 Å². The van der Waals surface area contributed by atoms with Crippen molar-refractivity contribution in [2.24, 2.45) is 0 Å². The number of ether oxygens (including phenoxy) is 1. The summed E-state index contributed by atoms with van der Waals surface area (Å²) in [6.07, 6.45) is 0. The van der Waals surface area contributed by atoms with Gasteiger partial charge in [0.1, 0.15) is 18.2 Å². The fourth-order valence-corrected chi connectivity index (χ4v) is 1.54. The van der Waals surface area contributed by atoms with Gasteiger partial charge < -0.3 is 4.74 Å². The molecular weight excluding hydrogens is 255 g/mol. The van der Waals surface area contributed by atoms with Crippen LogP contribution in [0.25, 0.3) is 0 Å². The molecule has 2 nitrogen and oxygen atoms in total.